The summed E-state index contributed by atoms with van der Waals surface area (Å²) in [5, 5.41) is 0. The van der Waals surface area contributed by atoms with Crippen molar-refractivity contribution in [3.63, 3.8) is 0 Å². The summed E-state index contributed by atoms with van der Waals surface area (Å²) >= 11 is 0. The van der Waals surface area contributed by atoms with E-state index in [-0.39, 0.29) is 0 Å². The first-order valence-corrected chi connectivity index (χ1v) is 3.78. The van der Waals surface area contributed by atoms with Crippen molar-refractivity contribution in [2.24, 2.45) is 5.73 Å². The van der Waals surface area contributed by atoms with Crippen LogP contribution in [-0.4, -0.2) is 6.61 Å². The fourth-order valence-corrected chi connectivity index (χ4v) is 0.888. The standard InChI is InChI=1S/C9H13NO/c1-2-11-9-5-3-8(7-10)4-6-9/h3-6H,2,7,10H2,1H3. The number of rotatable bonds is 3. The Hall–Kier alpha value is -1.02. The third-order valence-electron chi connectivity index (χ3n) is 1.47. The molecule has 0 bridgehead atoms. The SMILES string of the molecule is CCOc1ccc(CN)cc1. The van der Waals surface area contributed by atoms with E-state index in [1.54, 1.807) is 0 Å². The van der Waals surface area contributed by atoms with Gasteiger partial charge < -0.3 is 10.5 Å². The molecule has 0 saturated heterocycles. The Morgan fingerprint density at radius 1 is 1.27 bits per heavy atom. The molecule has 0 saturated carbocycles. The molecule has 0 spiro atoms. The number of hydrogen-bond donors (Lipinski definition) is 1. The van der Waals surface area contributed by atoms with E-state index >= 15 is 0 Å². The van der Waals surface area contributed by atoms with Crippen molar-refractivity contribution in [1.29, 1.82) is 0 Å². The fourth-order valence-electron chi connectivity index (χ4n) is 0.888. The van der Waals surface area contributed by atoms with Crippen molar-refractivity contribution in [2.45, 2.75) is 13.5 Å². The first-order valence-electron chi connectivity index (χ1n) is 3.78. The first-order chi connectivity index (χ1) is 5.36. The van der Waals surface area contributed by atoms with Gasteiger partial charge in [0.25, 0.3) is 0 Å². The van der Waals surface area contributed by atoms with Gasteiger partial charge in [0.2, 0.25) is 0 Å². The molecule has 2 heteroatoms. The first kappa shape index (κ1) is 8.08. The van der Waals surface area contributed by atoms with Crippen LogP contribution in [0.25, 0.3) is 0 Å². The summed E-state index contributed by atoms with van der Waals surface area (Å²) in [6.45, 7) is 3.27. The maximum atomic E-state index is 5.43. The smallest absolute Gasteiger partial charge is 0.119 e. The summed E-state index contributed by atoms with van der Waals surface area (Å²) in [5.74, 6) is 0.907. The molecule has 2 nitrogen and oxygen atoms in total. The maximum Gasteiger partial charge on any atom is 0.119 e. The largest absolute Gasteiger partial charge is 0.494 e. The minimum Gasteiger partial charge on any atom is -0.494 e. The van der Waals surface area contributed by atoms with E-state index in [1.165, 1.54) is 0 Å². The third kappa shape index (κ3) is 2.24. The molecule has 0 atom stereocenters. The molecule has 11 heavy (non-hydrogen) atoms. The quantitative estimate of drug-likeness (QED) is 0.711. The molecule has 0 amide bonds. The lowest BCUT2D eigenvalue weighted by atomic mass is 10.2. The van der Waals surface area contributed by atoms with Crippen molar-refractivity contribution in [2.75, 3.05) is 6.61 Å². The molecule has 1 aromatic rings. The highest BCUT2D eigenvalue weighted by Gasteiger charge is 1.90. The van der Waals surface area contributed by atoms with E-state index in [4.69, 9.17) is 10.5 Å². The van der Waals surface area contributed by atoms with Crippen LogP contribution in [0.1, 0.15) is 12.5 Å². The van der Waals surface area contributed by atoms with Crippen molar-refractivity contribution in [3.05, 3.63) is 29.8 Å². The Kier molecular flexibility index (Phi) is 2.93. The lowest BCUT2D eigenvalue weighted by Gasteiger charge is -2.02. The number of nitrogens with two attached hydrogens (primary N) is 1. The van der Waals surface area contributed by atoms with Gasteiger partial charge in [-0.3, -0.25) is 0 Å². The summed E-state index contributed by atoms with van der Waals surface area (Å²) in [6, 6.07) is 7.83. The highest BCUT2D eigenvalue weighted by atomic mass is 16.5. The molecule has 0 heterocycles. The molecule has 0 aliphatic rings. The minimum atomic E-state index is 0.590. The topological polar surface area (TPSA) is 35.2 Å². The van der Waals surface area contributed by atoms with Gasteiger partial charge in [-0.1, -0.05) is 12.1 Å². The van der Waals surface area contributed by atoms with Crippen molar-refractivity contribution < 1.29 is 4.74 Å². The van der Waals surface area contributed by atoms with Crippen LogP contribution in [0.15, 0.2) is 24.3 Å². The summed E-state index contributed by atoms with van der Waals surface area (Å²) in [4.78, 5) is 0. The van der Waals surface area contributed by atoms with Crippen LogP contribution >= 0.6 is 0 Å². The van der Waals surface area contributed by atoms with E-state index in [9.17, 15) is 0 Å². The average Bonchev–Trinajstić information content (AvgIpc) is 2.07. The monoisotopic (exact) mass is 151 g/mol. The molecule has 0 unspecified atom stereocenters. The normalized spacial score (nSPS) is 9.64. The van der Waals surface area contributed by atoms with Gasteiger partial charge >= 0.3 is 0 Å². The lowest BCUT2D eigenvalue weighted by Crippen LogP contribution is -1.96. The zero-order valence-electron chi connectivity index (χ0n) is 6.71. The van der Waals surface area contributed by atoms with Crippen LogP contribution in [0.4, 0.5) is 0 Å². The Balaban J connectivity index is 2.66. The summed E-state index contributed by atoms with van der Waals surface area (Å²) in [7, 11) is 0. The van der Waals surface area contributed by atoms with Gasteiger partial charge in [0.05, 0.1) is 6.61 Å². The van der Waals surface area contributed by atoms with Crippen LogP contribution in [0, 0.1) is 0 Å². The molecule has 2 N–H and O–H groups in total. The second-order valence-corrected chi connectivity index (χ2v) is 2.28. The van der Waals surface area contributed by atoms with Crippen LogP contribution in [-0.2, 0) is 6.54 Å². The predicted octanol–water partition coefficient (Wildman–Crippen LogP) is 1.54. The summed E-state index contributed by atoms with van der Waals surface area (Å²) in [6.07, 6.45) is 0. The summed E-state index contributed by atoms with van der Waals surface area (Å²) in [5.41, 5.74) is 6.57. The van der Waals surface area contributed by atoms with E-state index in [0.29, 0.717) is 13.2 Å². The molecule has 0 aromatic heterocycles. The number of hydrogen-bond acceptors (Lipinski definition) is 2. The van der Waals surface area contributed by atoms with Crippen molar-refractivity contribution in [1.82, 2.24) is 0 Å². The molecule has 0 fully saturated rings. The van der Waals surface area contributed by atoms with Gasteiger partial charge in [0.1, 0.15) is 5.75 Å². The van der Waals surface area contributed by atoms with Crippen LogP contribution in [0.3, 0.4) is 0 Å². The van der Waals surface area contributed by atoms with Crippen LogP contribution in [0.5, 0.6) is 5.75 Å². The van der Waals surface area contributed by atoms with E-state index < -0.39 is 0 Å². The average molecular weight is 151 g/mol. The molecule has 0 radical (unpaired) electrons. The van der Waals surface area contributed by atoms with E-state index in [1.807, 2.05) is 31.2 Å². The van der Waals surface area contributed by atoms with Crippen LogP contribution < -0.4 is 10.5 Å². The molecule has 1 rings (SSSR count). The van der Waals surface area contributed by atoms with Gasteiger partial charge in [-0.05, 0) is 24.6 Å². The lowest BCUT2D eigenvalue weighted by molar-refractivity contribution is 0.340. The highest BCUT2D eigenvalue weighted by molar-refractivity contribution is 5.26. The zero-order chi connectivity index (χ0) is 8.10. The molecule has 60 valence electrons. The maximum absolute atomic E-state index is 5.43. The van der Waals surface area contributed by atoms with Gasteiger partial charge in [-0.15, -0.1) is 0 Å². The summed E-state index contributed by atoms with van der Waals surface area (Å²) < 4.78 is 5.26. The second kappa shape index (κ2) is 3.98. The molecule has 0 aliphatic carbocycles. The fraction of sp³-hybridized carbons (Fsp3) is 0.333. The van der Waals surface area contributed by atoms with Gasteiger partial charge in [-0.2, -0.15) is 0 Å². The van der Waals surface area contributed by atoms with Crippen molar-refractivity contribution >= 4 is 0 Å². The van der Waals surface area contributed by atoms with Gasteiger partial charge in [0, 0.05) is 6.54 Å². The predicted molar refractivity (Wildman–Crippen MR) is 45.5 cm³/mol. The van der Waals surface area contributed by atoms with Gasteiger partial charge in [0.15, 0.2) is 0 Å². The minimum absolute atomic E-state index is 0.590. The number of benzene rings is 1. The molecule has 1 aromatic carbocycles. The zero-order valence-corrected chi connectivity index (χ0v) is 6.71. The third-order valence-corrected chi connectivity index (χ3v) is 1.47. The number of ether oxygens (including phenoxy) is 1. The highest BCUT2D eigenvalue weighted by Crippen LogP contribution is 2.11. The van der Waals surface area contributed by atoms with E-state index in [2.05, 4.69) is 0 Å². The Labute approximate surface area is 67.0 Å². The Morgan fingerprint density at radius 2 is 1.91 bits per heavy atom. The Bertz CT molecular complexity index is 205. The molecular formula is C9H13NO. The van der Waals surface area contributed by atoms with E-state index in [0.717, 1.165) is 11.3 Å². The molecular weight excluding hydrogens is 138 g/mol. The van der Waals surface area contributed by atoms with Crippen LogP contribution in [0.2, 0.25) is 0 Å². The second-order valence-electron chi connectivity index (χ2n) is 2.28. The van der Waals surface area contributed by atoms with Crippen molar-refractivity contribution in [3.8, 4) is 5.75 Å². The Morgan fingerprint density at radius 3 is 2.36 bits per heavy atom. The van der Waals surface area contributed by atoms with Gasteiger partial charge in [-0.25, -0.2) is 0 Å². The molecule has 0 aliphatic heterocycles.